The molecule has 0 amide bonds. The molecule has 3 aliphatic rings. The van der Waals surface area contributed by atoms with Crippen LogP contribution in [0.1, 0.15) is 95.4 Å². The highest BCUT2D eigenvalue weighted by molar-refractivity contribution is 5.73. The van der Waals surface area contributed by atoms with Crippen molar-refractivity contribution in [1.82, 2.24) is 10.2 Å². The maximum Gasteiger partial charge on any atom is 0.311 e. The van der Waals surface area contributed by atoms with E-state index in [4.69, 9.17) is 33.2 Å². The second-order valence-corrected chi connectivity index (χ2v) is 17.2. The number of cyclic esters (lactones) is 1. The molecule has 13 heteroatoms. The molecule has 0 aromatic heterocycles. The second-order valence-electron chi connectivity index (χ2n) is 17.2. The highest BCUT2D eigenvalue weighted by Crippen LogP contribution is 2.40. The van der Waals surface area contributed by atoms with Crippen LogP contribution in [-0.2, 0) is 38.0 Å². The van der Waals surface area contributed by atoms with Crippen molar-refractivity contribution >= 4 is 5.97 Å². The van der Waals surface area contributed by atoms with Crippen LogP contribution in [0, 0.1) is 23.2 Å². The zero-order valence-electron chi connectivity index (χ0n) is 34.0. The third kappa shape index (κ3) is 10.2. The number of hydrogen-bond acceptors (Lipinski definition) is 13. The van der Waals surface area contributed by atoms with Crippen LogP contribution >= 0.6 is 0 Å². The Labute approximate surface area is 307 Å². The number of aliphatic hydroxyl groups is 3. The van der Waals surface area contributed by atoms with Gasteiger partial charge in [0.25, 0.3) is 0 Å². The first kappa shape index (κ1) is 44.4. The lowest BCUT2D eigenvalue weighted by Gasteiger charge is -2.49. The predicted octanol–water partition coefficient (Wildman–Crippen LogP) is 3.10. The topological polar surface area (TPSA) is 158 Å². The number of aliphatic hydroxyl groups excluding tert-OH is 2. The molecule has 0 aromatic carbocycles. The molecule has 0 aliphatic carbocycles. The molecule has 3 aliphatic heterocycles. The van der Waals surface area contributed by atoms with Gasteiger partial charge in [0.2, 0.25) is 0 Å². The Morgan fingerprint density at radius 3 is 2.08 bits per heavy atom. The summed E-state index contributed by atoms with van der Waals surface area (Å²) in [7, 11) is 7.17. The van der Waals surface area contributed by atoms with Crippen LogP contribution in [0.2, 0.25) is 0 Å². The highest BCUT2D eigenvalue weighted by atomic mass is 16.7. The molecule has 0 spiro atoms. The number of esters is 1. The number of rotatable bonds is 7. The molecule has 300 valence electrons. The second kappa shape index (κ2) is 17.7. The monoisotopic (exact) mass is 733 g/mol. The summed E-state index contributed by atoms with van der Waals surface area (Å²) in [5.74, 6) is -2.06. The minimum Gasteiger partial charge on any atom is -0.462 e. The summed E-state index contributed by atoms with van der Waals surface area (Å²) < 4.78 is 44.2. The van der Waals surface area contributed by atoms with Crippen molar-refractivity contribution in [2.75, 3.05) is 34.9 Å². The molecule has 17 atom stereocenters. The van der Waals surface area contributed by atoms with Crippen molar-refractivity contribution in [2.45, 2.75) is 180 Å². The van der Waals surface area contributed by atoms with Gasteiger partial charge in [-0.15, -0.1) is 0 Å². The molecule has 3 saturated heterocycles. The van der Waals surface area contributed by atoms with E-state index in [9.17, 15) is 20.1 Å². The lowest BCUT2D eigenvalue weighted by molar-refractivity contribution is -0.319. The Kier molecular flexibility index (Phi) is 15.4. The summed E-state index contributed by atoms with van der Waals surface area (Å²) in [6.07, 6.45) is -5.89. The highest BCUT2D eigenvalue weighted by Gasteiger charge is 2.52. The van der Waals surface area contributed by atoms with Crippen LogP contribution in [0.25, 0.3) is 0 Å². The number of nitrogens with one attached hydrogen (secondary N) is 1. The van der Waals surface area contributed by atoms with E-state index in [1.54, 1.807) is 48.8 Å². The molecule has 3 rings (SSSR count). The van der Waals surface area contributed by atoms with Crippen molar-refractivity contribution in [1.29, 1.82) is 0 Å². The Bertz CT molecular complexity index is 1110. The molecular weight excluding hydrogens is 660 g/mol. The van der Waals surface area contributed by atoms with Crippen molar-refractivity contribution in [3.8, 4) is 0 Å². The van der Waals surface area contributed by atoms with Crippen LogP contribution < -0.4 is 5.32 Å². The lowest BCUT2D eigenvalue weighted by atomic mass is 9.77. The van der Waals surface area contributed by atoms with Crippen LogP contribution in [0.5, 0.6) is 0 Å². The fraction of sp³-hybridized carbons (Fsp3) is 0.974. The van der Waals surface area contributed by atoms with E-state index in [0.717, 1.165) is 6.42 Å². The van der Waals surface area contributed by atoms with E-state index < -0.39 is 89.7 Å². The molecule has 0 radical (unpaired) electrons. The van der Waals surface area contributed by atoms with Gasteiger partial charge in [-0.2, -0.15) is 0 Å². The number of carbonyl (C=O) groups excluding carboxylic acids is 1. The number of ether oxygens (including phenoxy) is 7. The third-order valence-electron chi connectivity index (χ3n) is 12.2. The SMILES string of the molecule is COC1C(OC2C(C)C(OC3CC(C)(OC)C(O)C(C)O3)C(C)C(=O)O[C@H](C)C(C)(C)C(O)C(C)NCC(C)CC2(C)O)OC(C)CC1N(C)C. The molecule has 4 N–H and O–H groups in total. The number of methoxy groups -OCH3 is 2. The van der Waals surface area contributed by atoms with E-state index in [1.807, 2.05) is 55.6 Å². The fourth-order valence-electron chi connectivity index (χ4n) is 8.37. The third-order valence-corrected chi connectivity index (χ3v) is 12.2. The Hall–Kier alpha value is -0.970. The average Bonchev–Trinajstić information content (AvgIpc) is 3.05. The lowest BCUT2D eigenvalue weighted by Crippen LogP contribution is -2.60. The largest absolute Gasteiger partial charge is 0.462 e. The van der Waals surface area contributed by atoms with Gasteiger partial charge in [-0.1, -0.05) is 27.7 Å². The van der Waals surface area contributed by atoms with Gasteiger partial charge >= 0.3 is 5.97 Å². The van der Waals surface area contributed by atoms with E-state index >= 15 is 0 Å². The van der Waals surface area contributed by atoms with E-state index in [2.05, 4.69) is 10.2 Å². The quantitative estimate of drug-likeness (QED) is 0.284. The molecule has 3 fully saturated rings. The Balaban J connectivity index is 2.15. The van der Waals surface area contributed by atoms with E-state index in [0.29, 0.717) is 13.0 Å². The first-order valence-corrected chi connectivity index (χ1v) is 18.9. The first-order valence-electron chi connectivity index (χ1n) is 18.9. The van der Waals surface area contributed by atoms with Gasteiger partial charge in [-0.3, -0.25) is 4.79 Å². The zero-order chi connectivity index (χ0) is 38.8. The molecule has 3 heterocycles. The Morgan fingerprint density at radius 2 is 1.51 bits per heavy atom. The molecule has 16 unspecified atom stereocenters. The summed E-state index contributed by atoms with van der Waals surface area (Å²) in [6, 6.07) is -0.333. The Morgan fingerprint density at radius 1 is 0.882 bits per heavy atom. The molecule has 0 saturated carbocycles. The molecule has 51 heavy (non-hydrogen) atoms. The number of nitrogens with zero attached hydrogens (tertiary/aromatic N) is 1. The van der Waals surface area contributed by atoms with Crippen molar-refractivity contribution in [2.24, 2.45) is 23.2 Å². The molecule has 0 aromatic rings. The van der Waals surface area contributed by atoms with Crippen LogP contribution in [-0.4, -0.2) is 146 Å². The molecule has 0 bridgehead atoms. The van der Waals surface area contributed by atoms with Gasteiger partial charge < -0.3 is 58.7 Å². The minimum absolute atomic E-state index is 0.0108. The standard InChI is InChI=1S/C38H72N2O11/c1-20-17-37(10,44)33(51-35-30(45-14)27(40(12)13)16-21(2)47-35)22(3)29(50-28-18-38(11,46-15)32(42)25(6)48-28)23(4)34(43)49-26(7)36(8,9)31(41)24(5)39-19-20/h20-33,35,39,41-42,44H,16-19H2,1-15H3/t20?,21?,22?,23?,24?,25?,26-,27?,28?,29?,30?,31?,32?,33?,35?,37?,38?/m1/s1. The average molecular weight is 733 g/mol. The van der Waals surface area contributed by atoms with Gasteiger partial charge in [0, 0.05) is 44.1 Å². The number of hydrogen-bond donors (Lipinski definition) is 4. The minimum atomic E-state index is -1.45. The van der Waals surface area contributed by atoms with Crippen LogP contribution in [0.15, 0.2) is 0 Å². The van der Waals surface area contributed by atoms with Gasteiger partial charge in [-0.05, 0) is 87.9 Å². The van der Waals surface area contributed by atoms with Crippen molar-refractivity contribution in [3.63, 3.8) is 0 Å². The van der Waals surface area contributed by atoms with Gasteiger partial charge in [0.05, 0.1) is 47.6 Å². The smallest absolute Gasteiger partial charge is 0.311 e. The maximum absolute atomic E-state index is 14.1. The van der Waals surface area contributed by atoms with Crippen molar-refractivity contribution < 1.29 is 53.3 Å². The van der Waals surface area contributed by atoms with E-state index in [1.165, 1.54) is 0 Å². The fourth-order valence-corrected chi connectivity index (χ4v) is 8.37. The normalized spacial score (nSPS) is 48.1. The first-order chi connectivity index (χ1) is 23.5. The summed E-state index contributed by atoms with van der Waals surface area (Å²) in [5.41, 5.74) is -3.21. The number of likely N-dealkylation sites (N-methyl/N-ethyl adjacent to an activating group) is 1. The van der Waals surface area contributed by atoms with Crippen LogP contribution in [0.3, 0.4) is 0 Å². The predicted molar refractivity (Wildman–Crippen MR) is 193 cm³/mol. The summed E-state index contributed by atoms with van der Waals surface area (Å²) in [6.45, 7) is 21.0. The number of carbonyl (C=O) groups is 1. The zero-order valence-corrected chi connectivity index (χ0v) is 34.0. The van der Waals surface area contributed by atoms with Crippen molar-refractivity contribution in [3.05, 3.63) is 0 Å². The molecular formula is C38H72N2O11. The van der Waals surface area contributed by atoms with Gasteiger partial charge in [0.15, 0.2) is 12.6 Å². The van der Waals surface area contributed by atoms with Gasteiger partial charge in [-0.25, -0.2) is 0 Å². The molecule has 13 nitrogen and oxygen atoms in total. The maximum atomic E-state index is 14.1. The summed E-state index contributed by atoms with van der Waals surface area (Å²) >= 11 is 0. The summed E-state index contributed by atoms with van der Waals surface area (Å²) in [4.78, 5) is 16.2. The van der Waals surface area contributed by atoms with E-state index in [-0.39, 0.29) is 30.5 Å². The summed E-state index contributed by atoms with van der Waals surface area (Å²) in [5, 5.41) is 38.3. The van der Waals surface area contributed by atoms with Gasteiger partial charge in [0.1, 0.15) is 18.3 Å². The van der Waals surface area contributed by atoms with Crippen LogP contribution in [0.4, 0.5) is 0 Å².